The second kappa shape index (κ2) is 65.6. The molecule has 0 rings (SSSR count). The summed E-state index contributed by atoms with van der Waals surface area (Å²) in [5.74, 6) is -0.0585. The second-order valence-electron chi connectivity index (χ2n) is 23.5. The molecule has 0 spiro atoms. The molecule has 448 valence electrons. The summed E-state index contributed by atoms with van der Waals surface area (Å²) in [5.41, 5.74) is 0. The normalized spacial score (nSPS) is 12.7. The average molecular weight is 1070 g/mol. The van der Waals surface area contributed by atoms with Crippen molar-refractivity contribution in [3.8, 4) is 0 Å². The Morgan fingerprint density at radius 3 is 0.934 bits per heavy atom. The Kier molecular flexibility index (Phi) is 63.9. The summed E-state index contributed by atoms with van der Waals surface area (Å²) in [7, 11) is 0. The van der Waals surface area contributed by atoms with E-state index in [1.807, 2.05) is 6.08 Å². The van der Waals surface area contributed by atoms with Crippen molar-refractivity contribution >= 4 is 11.9 Å². The first-order chi connectivity index (χ1) is 37.5. The Morgan fingerprint density at radius 1 is 0.355 bits per heavy atom. The van der Waals surface area contributed by atoms with Gasteiger partial charge in [0.25, 0.3) is 0 Å². The van der Waals surface area contributed by atoms with E-state index < -0.39 is 12.1 Å². The summed E-state index contributed by atoms with van der Waals surface area (Å²) >= 11 is 0. The van der Waals surface area contributed by atoms with Gasteiger partial charge in [0.1, 0.15) is 0 Å². The van der Waals surface area contributed by atoms with Crippen molar-refractivity contribution in [2.75, 3.05) is 13.2 Å². The largest absolute Gasteiger partial charge is 0.466 e. The number of unbranched alkanes of at least 4 members (excludes halogenated alkanes) is 49. The number of hydrogen-bond acceptors (Lipinski definition) is 5. The van der Waals surface area contributed by atoms with Gasteiger partial charge < -0.3 is 20.3 Å². The fourth-order valence-corrected chi connectivity index (χ4v) is 10.6. The molecule has 3 N–H and O–H groups in total. The molecule has 76 heavy (non-hydrogen) atoms. The lowest BCUT2D eigenvalue weighted by Crippen LogP contribution is -2.45. The van der Waals surface area contributed by atoms with E-state index in [1.54, 1.807) is 6.08 Å². The van der Waals surface area contributed by atoms with Gasteiger partial charge in [-0.05, 0) is 83.5 Å². The fourth-order valence-electron chi connectivity index (χ4n) is 10.6. The molecule has 0 heterocycles. The molecule has 6 heteroatoms. The van der Waals surface area contributed by atoms with Gasteiger partial charge in [-0.1, -0.05) is 314 Å². The molecule has 0 aromatic rings. The highest BCUT2D eigenvalue weighted by molar-refractivity contribution is 5.76. The third kappa shape index (κ3) is 61.3. The van der Waals surface area contributed by atoms with E-state index in [2.05, 4.69) is 43.5 Å². The highest BCUT2D eigenvalue weighted by Gasteiger charge is 2.18. The Balaban J connectivity index is 3.40. The van der Waals surface area contributed by atoms with Crippen LogP contribution in [0.2, 0.25) is 0 Å². The van der Waals surface area contributed by atoms with E-state index in [0.29, 0.717) is 19.4 Å². The van der Waals surface area contributed by atoms with Crippen LogP contribution in [0.25, 0.3) is 0 Å². The van der Waals surface area contributed by atoms with Gasteiger partial charge in [-0.15, -0.1) is 0 Å². The molecule has 0 saturated heterocycles. The minimum Gasteiger partial charge on any atom is -0.466 e. The highest BCUT2D eigenvalue weighted by atomic mass is 16.5. The van der Waals surface area contributed by atoms with E-state index in [0.717, 1.165) is 44.9 Å². The Bertz CT molecular complexity index is 1230. The van der Waals surface area contributed by atoms with Gasteiger partial charge in [-0.3, -0.25) is 9.59 Å². The van der Waals surface area contributed by atoms with Gasteiger partial charge in [0.15, 0.2) is 0 Å². The summed E-state index contributed by atoms with van der Waals surface area (Å²) in [5, 5.41) is 23.2. The Labute approximate surface area is 474 Å². The van der Waals surface area contributed by atoms with Gasteiger partial charge in [0, 0.05) is 12.8 Å². The molecule has 0 aliphatic heterocycles. The molecule has 0 aliphatic carbocycles. The maximum atomic E-state index is 12.5. The minimum absolute atomic E-state index is 0.0120. The van der Waals surface area contributed by atoms with Gasteiger partial charge in [-0.25, -0.2) is 0 Å². The topological polar surface area (TPSA) is 95.9 Å². The van der Waals surface area contributed by atoms with E-state index in [-0.39, 0.29) is 18.5 Å². The number of rotatable bonds is 64. The van der Waals surface area contributed by atoms with Crippen LogP contribution >= 0.6 is 0 Å². The summed E-state index contributed by atoms with van der Waals surface area (Å²) in [6.45, 7) is 4.92. The Morgan fingerprint density at radius 2 is 0.618 bits per heavy atom. The van der Waals surface area contributed by atoms with E-state index in [4.69, 9.17) is 4.74 Å². The van der Waals surface area contributed by atoms with Gasteiger partial charge in [0.2, 0.25) is 5.91 Å². The third-order valence-electron chi connectivity index (χ3n) is 15.9. The molecule has 0 bridgehead atoms. The number of aliphatic hydroxyl groups excluding tert-OH is 2. The molecule has 0 aromatic carbocycles. The standard InChI is InChI=1S/C70H133NO5/c1-3-5-7-9-11-13-15-17-19-21-28-32-36-40-44-48-52-56-60-64-70(75)76-65-61-57-53-49-45-41-37-33-30-27-25-23-22-24-26-29-31-35-39-43-47-51-55-59-63-69(74)71-67(66-72)68(73)62-58-54-50-46-42-38-34-20-18-16-14-12-10-8-6-4-2/h17,19,24,26,58,62,67-68,72-73H,3-16,18,20-23,25,27-57,59-61,63-66H2,1-2H3,(H,71,74)/b19-17-,26-24-,62-58+. The van der Waals surface area contributed by atoms with Crippen molar-refractivity contribution in [2.24, 2.45) is 0 Å². The van der Waals surface area contributed by atoms with Crippen LogP contribution in [0.15, 0.2) is 36.5 Å². The predicted molar refractivity (Wildman–Crippen MR) is 333 cm³/mol. The summed E-state index contributed by atoms with van der Waals surface area (Å²) in [4.78, 5) is 24.6. The number of allylic oxidation sites excluding steroid dienone is 5. The van der Waals surface area contributed by atoms with Gasteiger partial charge in [-0.2, -0.15) is 0 Å². The van der Waals surface area contributed by atoms with Crippen LogP contribution in [0.4, 0.5) is 0 Å². The summed E-state index contributed by atoms with van der Waals surface area (Å²) < 4.78 is 5.51. The smallest absolute Gasteiger partial charge is 0.305 e. The number of hydrogen-bond donors (Lipinski definition) is 3. The Hall–Kier alpha value is -1.92. The summed E-state index contributed by atoms with van der Waals surface area (Å²) in [6, 6.07) is -0.632. The van der Waals surface area contributed by atoms with Gasteiger partial charge >= 0.3 is 5.97 Å². The zero-order valence-corrected chi connectivity index (χ0v) is 51.3. The number of esters is 1. The molecular weight excluding hydrogens is 935 g/mol. The molecular formula is C70H133NO5. The van der Waals surface area contributed by atoms with Crippen molar-refractivity contribution in [1.29, 1.82) is 0 Å². The van der Waals surface area contributed by atoms with Crippen molar-refractivity contribution in [1.82, 2.24) is 5.32 Å². The number of ether oxygens (including phenoxy) is 1. The van der Waals surface area contributed by atoms with Crippen LogP contribution in [0.3, 0.4) is 0 Å². The molecule has 0 radical (unpaired) electrons. The number of amides is 1. The molecule has 2 atom stereocenters. The SMILES string of the molecule is CCCCCCCC/C=C\CCCCCCCCCCCC(=O)OCCCCCCCCCCCCCC/C=C\CCCCCCCCCCC(=O)NC(CO)C(O)/C=C/CCCCCCCCCCCCCCCC. The van der Waals surface area contributed by atoms with E-state index in [9.17, 15) is 19.8 Å². The van der Waals surface area contributed by atoms with Crippen molar-refractivity contribution < 1.29 is 24.5 Å². The van der Waals surface area contributed by atoms with Crippen LogP contribution in [-0.2, 0) is 14.3 Å². The lowest BCUT2D eigenvalue weighted by atomic mass is 10.0. The van der Waals surface area contributed by atoms with Crippen LogP contribution in [0.5, 0.6) is 0 Å². The van der Waals surface area contributed by atoms with Crippen molar-refractivity contribution in [3.05, 3.63) is 36.5 Å². The molecule has 0 fully saturated rings. The number of carbonyl (C=O) groups is 2. The molecule has 0 aliphatic rings. The first kappa shape index (κ1) is 74.1. The maximum absolute atomic E-state index is 12.5. The maximum Gasteiger partial charge on any atom is 0.305 e. The fraction of sp³-hybridized carbons (Fsp3) is 0.886. The highest BCUT2D eigenvalue weighted by Crippen LogP contribution is 2.18. The second-order valence-corrected chi connectivity index (χ2v) is 23.5. The molecule has 0 saturated carbocycles. The zero-order chi connectivity index (χ0) is 55.0. The summed E-state index contributed by atoms with van der Waals surface area (Å²) in [6.07, 6.45) is 83.5. The first-order valence-corrected chi connectivity index (χ1v) is 34.3. The van der Waals surface area contributed by atoms with E-state index >= 15 is 0 Å². The van der Waals surface area contributed by atoms with Crippen LogP contribution in [-0.4, -0.2) is 47.4 Å². The quantitative estimate of drug-likeness (QED) is 0.0320. The molecule has 1 amide bonds. The number of aliphatic hydroxyl groups is 2. The van der Waals surface area contributed by atoms with Crippen molar-refractivity contribution in [3.63, 3.8) is 0 Å². The lowest BCUT2D eigenvalue weighted by Gasteiger charge is -2.20. The number of nitrogens with one attached hydrogen (secondary N) is 1. The molecule has 2 unspecified atom stereocenters. The van der Waals surface area contributed by atoms with Crippen LogP contribution < -0.4 is 5.32 Å². The predicted octanol–water partition coefficient (Wildman–Crippen LogP) is 21.9. The van der Waals surface area contributed by atoms with Crippen molar-refractivity contribution in [2.45, 2.75) is 386 Å². The minimum atomic E-state index is -0.848. The molecule has 6 nitrogen and oxygen atoms in total. The monoisotopic (exact) mass is 1070 g/mol. The van der Waals surface area contributed by atoms with Crippen LogP contribution in [0, 0.1) is 0 Å². The van der Waals surface area contributed by atoms with Gasteiger partial charge in [0.05, 0.1) is 25.4 Å². The first-order valence-electron chi connectivity index (χ1n) is 34.3. The average Bonchev–Trinajstić information content (AvgIpc) is 3.42. The van der Waals surface area contributed by atoms with Crippen LogP contribution in [0.1, 0.15) is 373 Å². The lowest BCUT2D eigenvalue weighted by molar-refractivity contribution is -0.143. The molecule has 0 aromatic heterocycles. The third-order valence-corrected chi connectivity index (χ3v) is 15.9. The number of carbonyl (C=O) groups excluding carboxylic acids is 2. The van der Waals surface area contributed by atoms with E-state index in [1.165, 1.54) is 302 Å². The zero-order valence-electron chi connectivity index (χ0n) is 51.3.